The van der Waals surface area contributed by atoms with Gasteiger partial charge in [-0.1, -0.05) is 25.4 Å². The van der Waals surface area contributed by atoms with Crippen LogP contribution in [-0.4, -0.2) is 35.1 Å². The second kappa shape index (κ2) is 6.35. The Hall–Kier alpha value is -1.75. The van der Waals surface area contributed by atoms with Crippen molar-refractivity contribution in [2.45, 2.75) is 20.3 Å². The fraction of sp³-hybridized carbons (Fsp3) is 0.467. The maximum atomic E-state index is 12.2. The van der Waals surface area contributed by atoms with Crippen LogP contribution in [0.3, 0.4) is 0 Å². The van der Waals surface area contributed by atoms with E-state index >= 15 is 0 Å². The lowest BCUT2D eigenvalue weighted by Crippen LogP contribution is -2.33. The smallest absolute Gasteiger partial charge is 0.335 e. The summed E-state index contributed by atoms with van der Waals surface area (Å²) < 4.78 is 0. The molecule has 0 aliphatic carbocycles. The molecule has 0 spiro atoms. The molecule has 114 valence electrons. The molecule has 2 rings (SSSR count). The Balaban J connectivity index is 2.06. The minimum atomic E-state index is -1.05. The number of anilines is 1. The highest BCUT2D eigenvalue weighted by molar-refractivity contribution is 6.33. The number of urea groups is 1. The summed E-state index contributed by atoms with van der Waals surface area (Å²) >= 11 is 6.00. The number of hydrogen-bond donors (Lipinski definition) is 2. The Labute approximate surface area is 128 Å². The number of benzene rings is 1. The zero-order valence-corrected chi connectivity index (χ0v) is 12.9. The number of hydrogen-bond acceptors (Lipinski definition) is 2. The van der Waals surface area contributed by atoms with Gasteiger partial charge in [-0.15, -0.1) is 0 Å². The van der Waals surface area contributed by atoms with Crippen molar-refractivity contribution >= 4 is 29.3 Å². The van der Waals surface area contributed by atoms with Crippen LogP contribution in [-0.2, 0) is 0 Å². The van der Waals surface area contributed by atoms with Crippen LogP contribution in [0, 0.1) is 11.8 Å². The van der Waals surface area contributed by atoms with Gasteiger partial charge >= 0.3 is 12.0 Å². The van der Waals surface area contributed by atoms with Crippen molar-refractivity contribution in [2.24, 2.45) is 11.8 Å². The third kappa shape index (κ3) is 3.67. The number of nitrogens with one attached hydrogen (secondary N) is 1. The molecule has 1 aromatic rings. The highest BCUT2D eigenvalue weighted by Gasteiger charge is 2.28. The monoisotopic (exact) mass is 310 g/mol. The number of likely N-dealkylation sites (tertiary alicyclic amines) is 1. The van der Waals surface area contributed by atoms with Gasteiger partial charge < -0.3 is 15.3 Å². The van der Waals surface area contributed by atoms with Gasteiger partial charge in [0.05, 0.1) is 16.3 Å². The number of carbonyl (C=O) groups excluding carboxylic acids is 1. The molecule has 2 N–H and O–H groups in total. The van der Waals surface area contributed by atoms with E-state index in [9.17, 15) is 9.59 Å². The van der Waals surface area contributed by atoms with Crippen LogP contribution < -0.4 is 5.32 Å². The first-order chi connectivity index (χ1) is 9.88. The molecule has 0 saturated carbocycles. The number of aromatic carboxylic acids is 1. The van der Waals surface area contributed by atoms with Crippen molar-refractivity contribution in [1.82, 2.24) is 4.90 Å². The molecule has 2 amide bonds. The van der Waals surface area contributed by atoms with E-state index in [2.05, 4.69) is 19.2 Å². The van der Waals surface area contributed by atoms with Crippen LogP contribution in [0.1, 0.15) is 30.6 Å². The molecule has 5 nitrogen and oxygen atoms in total. The summed E-state index contributed by atoms with van der Waals surface area (Å²) in [6, 6.07) is 4.02. The van der Waals surface area contributed by atoms with Gasteiger partial charge in [-0.2, -0.15) is 0 Å². The first-order valence-corrected chi connectivity index (χ1v) is 7.35. The van der Waals surface area contributed by atoms with E-state index in [1.807, 2.05) is 0 Å². The van der Waals surface area contributed by atoms with Crippen molar-refractivity contribution < 1.29 is 14.7 Å². The van der Waals surface area contributed by atoms with Crippen molar-refractivity contribution in [3.8, 4) is 0 Å². The van der Waals surface area contributed by atoms with Gasteiger partial charge in [0.2, 0.25) is 0 Å². The standard InChI is InChI=1S/C15H19ClN2O3/c1-9(2)11-5-6-18(8-11)15(21)17-13-7-10(14(19)20)3-4-12(13)16/h3-4,7,9,11H,5-6,8H2,1-2H3,(H,17,21)(H,19,20). The average molecular weight is 311 g/mol. The van der Waals surface area contributed by atoms with E-state index in [1.165, 1.54) is 18.2 Å². The summed E-state index contributed by atoms with van der Waals surface area (Å²) in [5, 5.41) is 12.0. The lowest BCUT2D eigenvalue weighted by molar-refractivity contribution is 0.0697. The van der Waals surface area contributed by atoms with Crippen molar-refractivity contribution in [1.29, 1.82) is 0 Å². The van der Waals surface area contributed by atoms with Crippen molar-refractivity contribution in [3.63, 3.8) is 0 Å². The molecule has 21 heavy (non-hydrogen) atoms. The molecule has 6 heteroatoms. The maximum Gasteiger partial charge on any atom is 0.335 e. The third-order valence-corrected chi connectivity index (χ3v) is 4.24. The summed E-state index contributed by atoms with van der Waals surface area (Å²) in [4.78, 5) is 24.9. The van der Waals surface area contributed by atoms with Crippen molar-refractivity contribution in [2.75, 3.05) is 18.4 Å². The molecular formula is C15H19ClN2O3. The van der Waals surface area contributed by atoms with E-state index in [-0.39, 0.29) is 11.6 Å². The molecule has 0 bridgehead atoms. The summed E-state index contributed by atoms with van der Waals surface area (Å²) in [6.07, 6.45) is 0.994. The van der Waals surface area contributed by atoms with Crippen LogP contribution in [0.25, 0.3) is 0 Å². The van der Waals surface area contributed by atoms with Gasteiger partial charge in [0.25, 0.3) is 0 Å². The minimum Gasteiger partial charge on any atom is -0.478 e. The molecule has 1 aliphatic heterocycles. The normalized spacial score (nSPS) is 18.1. The Morgan fingerprint density at radius 1 is 1.43 bits per heavy atom. The molecule has 0 radical (unpaired) electrons. The average Bonchev–Trinajstić information content (AvgIpc) is 2.90. The molecule has 1 unspecified atom stereocenters. The molecule has 1 fully saturated rings. The Bertz CT molecular complexity index is 560. The highest BCUT2D eigenvalue weighted by atomic mass is 35.5. The molecule has 1 atom stereocenters. The van der Waals surface area contributed by atoms with Gasteiger partial charge in [0.1, 0.15) is 0 Å². The quantitative estimate of drug-likeness (QED) is 0.897. The number of carboxylic acid groups (broad SMARTS) is 1. The minimum absolute atomic E-state index is 0.0937. The third-order valence-electron chi connectivity index (χ3n) is 3.91. The van der Waals surface area contributed by atoms with Crippen LogP contribution in [0.4, 0.5) is 10.5 Å². The Morgan fingerprint density at radius 2 is 2.14 bits per heavy atom. The SMILES string of the molecule is CC(C)C1CCN(C(=O)Nc2cc(C(=O)O)ccc2Cl)C1. The van der Waals surface area contributed by atoms with Crippen LogP contribution >= 0.6 is 11.6 Å². The highest BCUT2D eigenvalue weighted by Crippen LogP contribution is 2.26. The van der Waals surface area contributed by atoms with E-state index < -0.39 is 5.97 Å². The number of nitrogens with zero attached hydrogens (tertiary/aromatic N) is 1. The zero-order chi connectivity index (χ0) is 15.6. The summed E-state index contributed by atoms with van der Waals surface area (Å²) in [6.45, 7) is 5.74. The lowest BCUT2D eigenvalue weighted by atomic mass is 9.95. The number of rotatable bonds is 3. The van der Waals surface area contributed by atoms with Gasteiger partial charge in [-0.3, -0.25) is 0 Å². The Morgan fingerprint density at radius 3 is 2.71 bits per heavy atom. The fourth-order valence-corrected chi connectivity index (χ4v) is 2.63. The van der Waals surface area contributed by atoms with Crippen LogP contribution in [0.5, 0.6) is 0 Å². The first kappa shape index (κ1) is 15.6. The molecular weight excluding hydrogens is 292 g/mol. The van der Waals surface area contributed by atoms with Gasteiger partial charge in [0, 0.05) is 13.1 Å². The van der Waals surface area contributed by atoms with Crippen LogP contribution in [0.15, 0.2) is 18.2 Å². The maximum absolute atomic E-state index is 12.2. The zero-order valence-electron chi connectivity index (χ0n) is 12.1. The molecule has 1 heterocycles. The second-order valence-corrected chi connectivity index (χ2v) is 6.08. The van der Waals surface area contributed by atoms with E-state index in [0.29, 0.717) is 29.1 Å². The number of carbonyl (C=O) groups is 2. The second-order valence-electron chi connectivity index (χ2n) is 5.67. The number of halogens is 1. The van der Waals surface area contributed by atoms with Crippen molar-refractivity contribution in [3.05, 3.63) is 28.8 Å². The summed E-state index contributed by atoms with van der Waals surface area (Å²) in [5.41, 5.74) is 0.422. The topological polar surface area (TPSA) is 69.6 Å². The summed E-state index contributed by atoms with van der Waals surface area (Å²) in [7, 11) is 0. The first-order valence-electron chi connectivity index (χ1n) is 6.97. The number of amides is 2. The predicted molar refractivity (Wildman–Crippen MR) is 81.9 cm³/mol. The largest absolute Gasteiger partial charge is 0.478 e. The van der Waals surface area contributed by atoms with Gasteiger partial charge in [-0.25, -0.2) is 9.59 Å². The fourth-order valence-electron chi connectivity index (χ4n) is 2.46. The van der Waals surface area contributed by atoms with Gasteiger partial charge in [0.15, 0.2) is 0 Å². The lowest BCUT2D eigenvalue weighted by Gasteiger charge is -2.19. The molecule has 1 aliphatic rings. The van der Waals surface area contributed by atoms with Crippen LogP contribution in [0.2, 0.25) is 5.02 Å². The molecule has 1 aromatic carbocycles. The predicted octanol–water partition coefficient (Wildman–Crippen LogP) is 3.55. The van der Waals surface area contributed by atoms with E-state index in [4.69, 9.17) is 16.7 Å². The number of carboxylic acids is 1. The molecule has 1 saturated heterocycles. The van der Waals surface area contributed by atoms with E-state index in [0.717, 1.165) is 13.0 Å². The van der Waals surface area contributed by atoms with E-state index in [1.54, 1.807) is 4.90 Å². The summed E-state index contributed by atoms with van der Waals surface area (Å²) in [5.74, 6) is 0.00140. The molecule has 0 aromatic heterocycles. The Kier molecular flexibility index (Phi) is 4.73. The van der Waals surface area contributed by atoms with Gasteiger partial charge in [-0.05, 0) is 36.5 Å².